The van der Waals surface area contributed by atoms with Gasteiger partial charge in [0.2, 0.25) is 0 Å². The molecule has 2 atom stereocenters. The number of ether oxygens (including phenoxy) is 1. The second-order valence-corrected chi connectivity index (χ2v) is 12.6. The molecule has 0 aromatic carbocycles. The van der Waals surface area contributed by atoms with E-state index in [1.807, 2.05) is 6.92 Å². The number of fused-ring (bicyclic) bond motifs is 1. The van der Waals surface area contributed by atoms with Crippen LogP contribution < -0.4 is 0 Å². The molecule has 1 saturated carbocycles. The average molecular weight is 311 g/mol. The molecule has 21 heavy (non-hydrogen) atoms. The zero-order valence-corrected chi connectivity index (χ0v) is 15.4. The Morgan fingerprint density at radius 3 is 2.57 bits per heavy atom. The van der Waals surface area contributed by atoms with Crippen molar-refractivity contribution in [2.24, 2.45) is 5.92 Å². The van der Waals surface area contributed by atoms with Crippen LogP contribution in [0, 0.1) is 5.92 Å². The van der Waals surface area contributed by atoms with Crippen LogP contribution in [0.1, 0.15) is 53.4 Å². The van der Waals surface area contributed by atoms with E-state index in [9.17, 15) is 4.79 Å². The SMILES string of the molecule is CCOC(=O)C1=C[C@@H]2CCCC[C@]12O[Si](C)(C)C(C)(C)C. The Labute approximate surface area is 130 Å². The molecule has 4 heteroatoms. The van der Waals surface area contributed by atoms with Gasteiger partial charge in [-0.2, -0.15) is 0 Å². The summed E-state index contributed by atoms with van der Waals surface area (Å²) >= 11 is 0. The number of carbonyl (C=O) groups is 1. The molecule has 0 N–H and O–H groups in total. The Kier molecular flexibility index (Phi) is 4.42. The standard InChI is InChI=1S/C17H30O3Si/c1-7-19-15(18)14-12-13-10-8-9-11-17(13,14)20-21(5,6)16(2,3)4/h12-13H,7-11H2,1-6H3/t13-,17+/m0/s1. The van der Waals surface area contributed by atoms with Crippen LogP contribution in [0.25, 0.3) is 0 Å². The van der Waals surface area contributed by atoms with Crippen LogP contribution in [-0.4, -0.2) is 26.5 Å². The number of carbonyl (C=O) groups excluding carboxylic acids is 1. The van der Waals surface area contributed by atoms with Crippen molar-refractivity contribution in [2.75, 3.05) is 6.61 Å². The summed E-state index contributed by atoms with van der Waals surface area (Å²) in [4.78, 5) is 12.3. The number of rotatable bonds is 4. The van der Waals surface area contributed by atoms with Gasteiger partial charge in [-0.3, -0.25) is 0 Å². The van der Waals surface area contributed by atoms with Crippen LogP contribution in [-0.2, 0) is 14.0 Å². The maximum Gasteiger partial charge on any atom is 0.336 e. The van der Waals surface area contributed by atoms with E-state index < -0.39 is 8.32 Å². The lowest BCUT2D eigenvalue weighted by Crippen LogP contribution is -2.60. The Morgan fingerprint density at radius 1 is 1.38 bits per heavy atom. The molecular formula is C17H30O3Si. The van der Waals surface area contributed by atoms with Crippen LogP contribution in [0.5, 0.6) is 0 Å². The molecule has 0 spiro atoms. The lowest BCUT2D eigenvalue weighted by atomic mass is 9.63. The molecule has 0 aromatic rings. The van der Waals surface area contributed by atoms with Crippen molar-refractivity contribution in [2.45, 2.75) is 77.1 Å². The third-order valence-corrected chi connectivity index (χ3v) is 9.96. The molecule has 1 fully saturated rings. The van der Waals surface area contributed by atoms with Gasteiger partial charge in [0.1, 0.15) is 0 Å². The predicted molar refractivity (Wildman–Crippen MR) is 87.7 cm³/mol. The topological polar surface area (TPSA) is 35.5 Å². The molecule has 0 unspecified atom stereocenters. The highest BCUT2D eigenvalue weighted by molar-refractivity contribution is 6.74. The second kappa shape index (κ2) is 5.54. The second-order valence-electron chi connectivity index (χ2n) is 7.90. The van der Waals surface area contributed by atoms with Crippen molar-refractivity contribution < 1.29 is 14.0 Å². The number of hydrogen-bond donors (Lipinski definition) is 0. The highest BCUT2D eigenvalue weighted by Crippen LogP contribution is 2.54. The minimum Gasteiger partial charge on any atom is -0.463 e. The molecule has 120 valence electrons. The summed E-state index contributed by atoms with van der Waals surface area (Å²) in [6.07, 6.45) is 6.58. The Bertz CT molecular complexity index is 447. The van der Waals surface area contributed by atoms with E-state index in [0.717, 1.165) is 24.8 Å². The minimum absolute atomic E-state index is 0.152. The Hall–Kier alpha value is -0.613. The van der Waals surface area contributed by atoms with E-state index in [0.29, 0.717) is 12.5 Å². The Balaban J connectivity index is 2.28. The van der Waals surface area contributed by atoms with Crippen molar-refractivity contribution in [3.05, 3.63) is 11.6 Å². The van der Waals surface area contributed by atoms with Crippen LogP contribution >= 0.6 is 0 Å². The quantitative estimate of drug-likeness (QED) is 0.569. The van der Waals surface area contributed by atoms with Crippen LogP contribution in [0.15, 0.2) is 11.6 Å². The fraction of sp³-hybridized carbons (Fsp3) is 0.824. The normalized spacial score (nSPS) is 29.2. The maximum absolute atomic E-state index is 12.3. The summed E-state index contributed by atoms with van der Waals surface area (Å²) in [6, 6.07) is 0. The first kappa shape index (κ1) is 16.8. The molecule has 0 aliphatic heterocycles. The molecule has 0 amide bonds. The summed E-state index contributed by atoms with van der Waals surface area (Å²) in [7, 11) is -1.91. The van der Waals surface area contributed by atoms with Crippen molar-refractivity contribution >= 4 is 14.3 Å². The van der Waals surface area contributed by atoms with E-state index in [2.05, 4.69) is 39.9 Å². The van der Waals surface area contributed by atoms with Gasteiger partial charge in [0.15, 0.2) is 8.32 Å². The summed E-state index contributed by atoms with van der Waals surface area (Å²) in [5.74, 6) is 0.231. The van der Waals surface area contributed by atoms with E-state index >= 15 is 0 Å². The first-order valence-electron chi connectivity index (χ1n) is 8.23. The summed E-state index contributed by atoms with van der Waals surface area (Å²) in [5.41, 5.74) is 0.437. The highest BCUT2D eigenvalue weighted by atomic mass is 28.4. The fourth-order valence-electron chi connectivity index (χ4n) is 3.21. The van der Waals surface area contributed by atoms with Crippen molar-refractivity contribution in [1.29, 1.82) is 0 Å². The third kappa shape index (κ3) is 2.85. The summed E-state index contributed by atoms with van der Waals surface area (Å²) in [6.45, 7) is 13.6. The smallest absolute Gasteiger partial charge is 0.336 e. The first-order chi connectivity index (χ1) is 9.64. The lowest BCUT2D eigenvalue weighted by Gasteiger charge is -2.55. The maximum atomic E-state index is 12.3. The number of esters is 1. The number of hydrogen-bond acceptors (Lipinski definition) is 3. The van der Waals surface area contributed by atoms with Crippen molar-refractivity contribution in [3.8, 4) is 0 Å². The van der Waals surface area contributed by atoms with Gasteiger partial charge in [-0.05, 0) is 37.9 Å². The molecule has 2 rings (SSSR count). The fourth-order valence-corrected chi connectivity index (χ4v) is 4.79. The van der Waals surface area contributed by atoms with Crippen molar-refractivity contribution in [3.63, 3.8) is 0 Å². The minimum atomic E-state index is -1.91. The van der Waals surface area contributed by atoms with Gasteiger partial charge in [-0.15, -0.1) is 0 Å². The summed E-state index contributed by atoms with van der Waals surface area (Å²) in [5, 5.41) is 0.152. The van der Waals surface area contributed by atoms with E-state index in [1.165, 1.54) is 6.42 Å². The molecule has 2 aliphatic rings. The molecular weight excluding hydrogens is 280 g/mol. The molecule has 0 bridgehead atoms. The largest absolute Gasteiger partial charge is 0.463 e. The van der Waals surface area contributed by atoms with Gasteiger partial charge >= 0.3 is 5.97 Å². The molecule has 2 aliphatic carbocycles. The third-order valence-electron chi connectivity index (χ3n) is 5.47. The molecule has 0 saturated heterocycles. The Morgan fingerprint density at radius 2 is 2.05 bits per heavy atom. The lowest BCUT2D eigenvalue weighted by molar-refractivity contribution is -0.144. The molecule has 3 nitrogen and oxygen atoms in total. The zero-order valence-electron chi connectivity index (χ0n) is 14.4. The van der Waals surface area contributed by atoms with Crippen molar-refractivity contribution in [1.82, 2.24) is 0 Å². The van der Waals surface area contributed by atoms with Gasteiger partial charge in [0.25, 0.3) is 0 Å². The van der Waals surface area contributed by atoms with Gasteiger partial charge in [-0.1, -0.05) is 39.7 Å². The van der Waals surface area contributed by atoms with E-state index in [4.69, 9.17) is 9.16 Å². The highest BCUT2D eigenvalue weighted by Gasteiger charge is 2.57. The summed E-state index contributed by atoms with van der Waals surface area (Å²) < 4.78 is 12.0. The average Bonchev–Trinajstić information content (AvgIpc) is 2.32. The molecule has 0 heterocycles. The molecule has 0 aromatic heterocycles. The molecule has 0 radical (unpaired) electrons. The van der Waals surface area contributed by atoms with Gasteiger partial charge in [-0.25, -0.2) is 4.79 Å². The van der Waals surface area contributed by atoms with Crippen LogP contribution in [0.4, 0.5) is 0 Å². The zero-order chi connectivity index (χ0) is 15.9. The monoisotopic (exact) mass is 310 g/mol. The van der Waals surface area contributed by atoms with Crippen LogP contribution in [0.2, 0.25) is 18.1 Å². The predicted octanol–water partition coefficient (Wildman–Crippen LogP) is 4.44. The van der Waals surface area contributed by atoms with Crippen LogP contribution in [0.3, 0.4) is 0 Å². The van der Waals surface area contributed by atoms with Gasteiger partial charge in [0, 0.05) is 5.92 Å². The van der Waals surface area contributed by atoms with E-state index in [-0.39, 0.29) is 16.6 Å². The van der Waals surface area contributed by atoms with E-state index in [1.54, 1.807) is 0 Å². The first-order valence-corrected chi connectivity index (χ1v) is 11.1. The van der Waals surface area contributed by atoms with Gasteiger partial charge in [0.05, 0.1) is 17.8 Å². The van der Waals surface area contributed by atoms with Gasteiger partial charge < -0.3 is 9.16 Å².